The number of thiophene rings is 1. The average molecular weight is 545 g/mol. The summed E-state index contributed by atoms with van der Waals surface area (Å²) < 4.78 is 0. The zero-order valence-corrected chi connectivity index (χ0v) is 23.3. The molecule has 40 heavy (non-hydrogen) atoms. The smallest absolute Gasteiger partial charge is 0.0355 e. The van der Waals surface area contributed by atoms with Gasteiger partial charge >= 0.3 is 0 Å². The molecule has 0 atom stereocenters. The highest BCUT2D eigenvalue weighted by atomic mass is 32.2. The van der Waals surface area contributed by atoms with Gasteiger partial charge in [0, 0.05) is 24.9 Å². The second-order valence-corrected chi connectivity index (χ2v) is 12.3. The molecule has 0 fully saturated rings. The van der Waals surface area contributed by atoms with Crippen LogP contribution in [-0.2, 0) is 0 Å². The van der Waals surface area contributed by atoms with Crippen molar-refractivity contribution in [3.63, 3.8) is 0 Å². The maximum absolute atomic E-state index is 2.39. The molecule has 0 radical (unpaired) electrons. The number of benzene rings is 6. The first kappa shape index (κ1) is 23.5. The lowest BCUT2D eigenvalue weighted by Gasteiger charge is -2.20. The lowest BCUT2D eigenvalue weighted by Crippen LogP contribution is -1.93. The Morgan fingerprint density at radius 3 is 1.85 bits per heavy atom. The molecular formula is C38H24S2. The molecule has 0 saturated heterocycles. The maximum atomic E-state index is 2.39. The first-order chi connectivity index (χ1) is 19.8. The van der Waals surface area contributed by atoms with E-state index in [4.69, 9.17) is 0 Å². The Hall–Kier alpha value is -4.37. The van der Waals surface area contributed by atoms with Crippen molar-refractivity contribution in [2.45, 2.75) is 9.79 Å². The van der Waals surface area contributed by atoms with E-state index < -0.39 is 0 Å². The van der Waals surface area contributed by atoms with Crippen molar-refractivity contribution in [1.82, 2.24) is 0 Å². The summed E-state index contributed by atoms with van der Waals surface area (Å²) in [6.07, 6.45) is 0. The van der Waals surface area contributed by atoms with Gasteiger partial charge in [0.15, 0.2) is 0 Å². The van der Waals surface area contributed by atoms with Gasteiger partial charge < -0.3 is 0 Å². The molecule has 7 aromatic rings. The monoisotopic (exact) mass is 544 g/mol. The highest BCUT2D eigenvalue weighted by molar-refractivity contribution is 7.99. The molecule has 1 aromatic heterocycles. The van der Waals surface area contributed by atoms with Gasteiger partial charge in [-0.1, -0.05) is 127 Å². The van der Waals surface area contributed by atoms with E-state index >= 15 is 0 Å². The Morgan fingerprint density at radius 1 is 0.350 bits per heavy atom. The summed E-state index contributed by atoms with van der Waals surface area (Å²) in [5.41, 5.74) is 10.2. The van der Waals surface area contributed by atoms with Crippen LogP contribution >= 0.6 is 23.1 Å². The Morgan fingerprint density at radius 2 is 1.00 bits per heavy atom. The van der Waals surface area contributed by atoms with E-state index in [1.807, 2.05) is 23.1 Å². The summed E-state index contributed by atoms with van der Waals surface area (Å²) in [6, 6.07) is 53.1. The normalized spacial score (nSPS) is 11.9. The topological polar surface area (TPSA) is 0 Å². The number of fused-ring (bicyclic) bond motifs is 2. The number of rotatable bonds is 4. The van der Waals surface area contributed by atoms with Gasteiger partial charge in [-0.15, -0.1) is 11.3 Å². The Kier molecular flexibility index (Phi) is 5.69. The highest BCUT2D eigenvalue weighted by Crippen LogP contribution is 2.49. The van der Waals surface area contributed by atoms with Crippen molar-refractivity contribution in [1.29, 1.82) is 0 Å². The minimum Gasteiger partial charge on any atom is -0.135 e. The molecular weight excluding hydrogens is 521 g/mol. The molecule has 2 heteroatoms. The summed E-state index contributed by atoms with van der Waals surface area (Å²) in [6.45, 7) is 0. The van der Waals surface area contributed by atoms with E-state index in [9.17, 15) is 0 Å². The molecule has 188 valence electrons. The fourth-order valence-electron chi connectivity index (χ4n) is 5.78. The zero-order valence-electron chi connectivity index (χ0n) is 21.7. The molecule has 0 saturated carbocycles. The lowest BCUT2D eigenvalue weighted by molar-refractivity contribution is 1.40. The van der Waals surface area contributed by atoms with Crippen molar-refractivity contribution in [3.05, 3.63) is 146 Å². The van der Waals surface area contributed by atoms with Crippen molar-refractivity contribution < 1.29 is 0 Å². The zero-order chi connectivity index (χ0) is 26.5. The van der Waals surface area contributed by atoms with Crippen LogP contribution in [0.1, 0.15) is 0 Å². The van der Waals surface area contributed by atoms with Gasteiger partial charge in [-0.3, -0.25) is 0 Å². The van der Waals surface area contributed by atoms with Crippen LogP contribution in [-0.4, -0.2) is 0 Å². The van der Waals surface area contributed by atoms with Crippen molar-refractivity contribution in [3.8, 4) is 54.3 Å². The molecule has 0 nitrogen and oxygen atoms in total. The summed E-state index contributed by atoms with van der Waals surface area (Å²) in [5, 5.41) is 2.68. The summed E-state index contributed by atoms with van der Waals surface area (Å²) in [7, 11) is 0. The highest BCUT2D eigenvalue weighted by Gasteiger charge is 2.20. The number of hydrogen-bond donors (Lipinski definition) is 0. The molecule has 0 aliphatic carbocycles. The quantitative estimate of drug-likeness (QED) is 0.212. The van der Waals surface area contributed by atoms with Gasteiger partial charge in [-0.05, 0) is 80.2 Å². The van der Waals surface area contributed by atoms with Gasteiger partial charge in [0.1, 0.15) is 0 Å². The van der Waals surface area contributed by atoms with Crippen LogP contribution in [0.2, 0.25) is 0 Å². The minimum absolute atomic E-state index is 1.24. The van der Waals surface area contributed by atoms with Gasteiger partial charge in [-0.2, -0.15) is 0 Å². The molecule has 0 bridgehead atoms. The third kappa shape index (κ3) is 4.00. The van der Waals surface area contributed by atoms with Crippen LogP contribution < -0.4 is 0 Å². The lowest BCUT2D eigenvalue weighted by atomic mass is 9.96. The molecule has 0 amide bonds. The SMILES string of the molecule is c1ccc(-c2ccc(-c3ccccc3-c3ccc(-c4ccc5c(c4)-c4cccc6cccc(c46)S5)s3)cc2)cc1. The van der Waals surface area contributed by atoms with Crippen LogP contribution in [0, 0.1) is 0 Å². The van der Waals surface area contributed by atoms with E-state index in [1.165, 1.54) is 74.8 Å². The second-order valence-electron chi connectivity index (χ2n) is 10.1. The average Bonchev–Trinajstić information content (AvgIpc) is 3.52. The third-order valence-corrected chi connectivity index (χ3v) is 10.0. The van der Waals surface area contributed by atoms with Gasteiger partial charge in [-0.25, -0.2) is 0 Å². The molecule has 8 rings (SSSR count). The van der Waals surface area contributed by atoms with E-state index in [0.717, 1.165) is 0 Å². The Labute approximate surface area is 242 Å². The van der Waals surface area contributed by atoms with Crippen LogP contribution in [0.25, 0.3) is 65.0 Å². The minimum atomic E-state index is 1.24. The molecule has 0 spiro atoms. The standard InChI is InChI=1S/C38H24S2/c1-2-8-25(9-3-1)26-16-18-27(19-17-26)30-12-4-5-13-31(30)35-23-22-34(39-35)29-20-21-36-33(24-29)32-14-6-10-28-11-7-15-37(40-36)38(28)32/h1-24H. The molecule has 6 aromatic carbocycles. The predicted molar refractivity (Wildman–Crippen MR) is 173 cm³/mol. The Balaban J connectivity index is 1.16. The van der Waals surface area contributed by atoms with Crippen LogP contribution in [0.4, 0.5) is 0 Å². The van der Waals surface area contributed by atoms with Gasteiger partial charge in [0.2, 0.25) is 0 Å². The molecule has 1 aliphatic heterocycles. The fraction of sp³-hybridized carbons (Fsp3) is 0. The van der Waals surface area contributed by atoms with E-state index in [2.05, 4.69) is 146 Å². The maximum Gasteiger partial charge on any atom is 0.0355 e. The van der Waals surface area contributed by atoms with Crippen molar-refractivity contribution >= 4 is 33.9 Å². The summed E-state index contributed by atoms with van der Waals surface area (Å²) >= 11 is 3.75. The molecule has 1 aliphatic rings. The first-order valence-electron chi connectivity index (χ1n) is 13.5. The van der Waals surface area contributed by atoms with Gasteiger partial charge in [0.05, 0.1) is 0 Å². The molecule has 0 N–H and O–H groups in total. The molecule has 2 heterocycles. The predicted octanol–water partition coefficient (Wildman–Crippen LogP) is 11.7. The summed E-state index contributed by atoms with van der Waals surface area (Å²) in [4.78, 5) is 5.26. The van der Waals surface area contributed by atoms with Crippen LogP contribution in [0.3, 0.4) is 0 Å². The van der Waals surface area contributed by atoms with E-state index in [1.54, 1.807) is 0 Å². The van der Waals surface area contributed by atoms with Crippen LogP contribution in [0.5, 0.6) is 0 Å². The summed E-state index contributed by atoms with van der Waals surface area (Å²) in [5.74, 6) is 0. The number of hydrogen-bond acceptors (Lipinski definition) is 2. The van der Waals surface area contributed by atoms with Gasteiger partial charge in [0.25, 0.3) is 0 Å². The fourth-order valence-corrected chi connectivity index (χ4v) is 7.95. The Bertz CT molecular complexity index is 2010. The van der Waals surface area contributed by atoms with E-state index in [0.29, 0.717) is 0 Å². The first-order valence-corrected chi connectivity index (χ1v) is 15.1. The van der Waals surface area contributed by atoms with Crippen molar-refractivity contribution in [2.75, 3.05) is 0 Å². The van der Waals surface area contributed by atoms with E-state index in [-0.39, 0.29) is 0 Å². The second kappa shape index (κ2) is 9.67. The largest absolute Gasteiger partial charge is 0.135 e. The molecule has 0 unspecified atom stereocenters. The van der Waals surface area contributed by atoms with Crippen LogP contribution in [0.15, 0.2) is 155 Å². The third-order valence-electron chi connectivity index (χ3n) is 7.74. The van der Waals surface area contributed by atoms with Crippen molar-refractivity contribution in [2.24, 2.45) is 0 Å².